The van der Waals surface area contributed by atoms with E-state index in [1.165, 1.54) is 7.11 Å². The first kappa shape index (κ1) is 10.8. The molecule has 0 spiro atoms. The molecule has 1 rings (SSSR count). The van der Waals surface area contributed by atoms with Gasteiger partial charge in [-0.05, 0) is 13.8 Å². The van der Waals surface area contributed by atoms with Crippen molar-refractivity contribution in [3.05, 3.63) is 23.8 Å². The summed E-state index contributed by atoms with van der Waals surface area (Å²) in [6.45, 7) is 3.62. The van der Waals surface area contributed by atoms with Crippen LogP contribution in [0.25, 0.3) is 0 Å². The molecular weight excluding hydrogens is 188 g/mol. The molecule has 4 heteroatoms. The van der Waals surface area contributed by atoms with Crippen LogP contribution in [0.2, 0.25) is 0 Å². The molecule has 14 heavy (non-hydrogen) atoms. The van der Waals surface area contributed by atoms with Crippen molar-refractivity contribution >= 4 is 5.69 Å². The third-order valence-corrected chi connectivity index (χ3v) is 1.68. The monoisotopic (exact) mass is 201 g/mol. The van der Waals surface area contributed by atoms with Gasteiger partial charge in [-0.15, -0.1) is 0 Å². The highest BCUT2D eigenvalue weighted by Crippen LogP contribution is 2.25. The maximum Gasteiger partial charge on any atom is 0.153 e. The molecule has 1 N–H and O–H groups in total. The van der Waals surface area contributed by atoms with Crippen LogP contribution in [0.3, 0.4) is 0 Å². The lowest BCUT2D eigenvalue weighted by molar-refractivity contribution is 0.407. The maximum atomic E-state index is 13.3. The predicted molar refractivity (Wildman–Crippen MR) is 51.7 cm³/mol. The first-order valence-electron chi connectivity index (χ1n) is 4.34. The average molecular weight is 201 g/mol. The number of halogens is 2. The molecule has 0 aromatic heterocycles. The van der Waals surface area contributed by atoms with E-state index in [-0.39, 0.29) is 17.5 Å². The van der Waals surface area contributed by atoms with E-state index >= 15 is 0 Å². The van der Waals surface area contributed by atoms with Crippen molar-refractivity contribution in [2.75, 3.05) is 12.4 Å². The summed E-state index contributed by atoms with van der Waals surface area (Å²) in [7, 11) is 1.36. The molecule has 0 aliphatic heterocycles. The van der Waals surface area contributed by atoms with E-state index in [4.69, 9.17) is 4.74 Å². The Morgan fingerprint density at radius 3 is 2.07 bits per heavy atom. The summed E-state index contributed by atoms with van der Waals surface area (Å²) < 4.78 is 31.3. The van der Waals surface area contributed by atoms with Crippen molar-refractivity contribution in [2.24, 2.45) is 0 Å². The molecule has 0 radical (unpaired) electrons. The third kappa shape index (κ3) is 2.34. The zero-order valence-corrected chi connectivity index (χ0v) is 8.40. The standard InChI is InChI=1S/C10H13F2NO/c1-6(2)13-10-8(11)4-7(14-3)5-9(10)12/h4-6,13H,1-3H3. The second-order valence-corrected chi connectivity index (χ2v) is 3.27. The summed E-state index contributed by atoms with van der Waals surface area (Å²) in [6.07, 6.45) is 0. The highest BCUT2D eigenvalue weighted by atomic mass is 19.1. The van der Waals surface area contributed by atoms with E-state index in [1.54, 1.807) is 0 Å². The van der Waals surface area contributed by atoms with Crippen molar-refractivity contribution in [3.8, 4) is 5.75 Å². The van der Waals surface area contributed by atoms with Crippen LogP contribution in [-0.4, -0.2) is 13.2 Å². The van der Waals surface area contributed by atoms with E-state index in [9.17, 15) is 8.78 Å². The molecule has 78 valence electrons. The number of methoxy groups -OCH3 is 1. The summed E-state index contributed by atoms with van der Waals surface area (Å²) in [6, 6.07) is 2.27. The van der Waals surface area contributed by atoms with Crippen molar-refractivity contribution in [3.63, 3.8) is 0 Å². The smallest absolute Gasteiger partial charge is 0.153 e. The van der Waals surface area contributed by atoms with Gasteiger partial charge in [0.05, 0.1) is 7.11 Å². The van der Waals surface area contributed by atoms with Gasteiger partial charge >= 0.3 is 0 Å². The highest BCUT2D eigenvalue weighted by Gasteiger charge is 2.11. The molecule has 1 aromatic carbocycles. The molecular formula is C10H13F2NO. The van der Waals surface area contributed by atoms with Gasteiger partial charge in [0.15, 0.2) is 11.6 Å². The maximum absolute atomic E-state index is 13.3. The molecule has 0 saturated carbocycles. The minimum atomic E-state index is -0.643. The molecule has 0 unspecified atom stereocenters. The quantitative estimate of drug-likeness (QED) is 0.811. The first-order chi connectivity index (χ1) is 6.54. The second-order valence-electron chi connectivity index (χ2n) is 3.27. The third-order valence-electron chi connectivity index (χ3n) is 1.68. The summed E-state index contributed by atoms with van der Waals surface area (Å²) >= 11 is 0. The van der Waals surface area contributed by atoms with Crippen LogP contribution in [0, 0.1) is 11.6 Å². The lowest BCUT2D eigenvalue weighted by Crippen LogP contribution is -2.12. The lowest BCUT2D eigenvalue weighted by atomic mass is 10.2. The number of hydrogen-bond acceptors (Lipinski definition) is 2. The zero-order valence-electron chi connectivity index (χ0n) is 8.40. The molecule has 2 nitrogen and oxygen atoms in total. The molecule has 0 aliphatic rings. The number of hydrogen-bond donors (Lipinski definition) is 1. The molecule has 1 aromatic rings. The second kappa shape index (κ2) is 4.26. The van der Waals surface area contributed by atoms with Crippen LogP contribution in [0.15, 0.2) is 12.1 Å². The lowest BCUT2D eigenvalue weighted by Gasteiger charge is -2.12. The Balaban J connectivity index is 3.05. The van der Waals surface area contributed by atoms with E-state index < -0.39 is 11.6 Å². The van der Waals surface area contributed by atoms with Gasteiger partial charge in [0, 0.05) is 18.2 Å². The van der Waals surface area contributed by atoms with Crippen LogP contribution in [0.4, 0.5) is 14.5 Å². The highest BCUT2D eigenvalue weighted by molar-refractivity contribution is 5.50. The number of ether oxygens (including phenoxy) is 1. The zero-order chi connectivity index (χ0) is 10.7. The van der Waals surface area contributed by atoms with Crippen molar-refractivity contribution in [2.45, 2.75) is 19.9 Å². The Morgan fingerprint density at radius 1 is 1.21 bits per heavy atom. The Bertz CT molecular complexity index is 303. The Labute approximate surface area is 81.9 Å². The van der Waals surface area contributed by atoms with Crippen LogP contribution in [0.1, 0.15) is 13.8 Å². The summed E-state index contributed by atoms with van der Waals surface area (Å²) in [5.41, 5.74) is -0.110. The van der Waals surface area contributed by atoms with Gasteiger partial charge < -0.3 is 10.1 Å². The van der Waals surface area contributed by atoms with Gasteiger partial charge in [0.2, 0.25) is 0 Å². The number of rotatable bonds is 3. The first-order valence-corrected chi connectivity index (χ1v) is 4.34. The van der Waals surface area contributed by atoms with Gasteiger partial charge in [-0.25, -0.2) is 8.78 Å². The molecule has 0 fully saturated rings. The normalized spacial score (nSPS) is 10.4. The minimum Gasteiger partial charge on any atom is -0.497 e. The molecule has 0 saturated heterocycles. The topological polar surface area (TPSA) is 21.3 Å². The van der Waals surface area contributed by atoms with Gasteiger partial charge in [0.25, 0.3) is 0 Å². The van der Waals surface area contributed by atoms with Gasteiger partial charge in [-0.1, -0.05) is 0 Å². The van der Waals surface area contributed by atoms with Crippen LogP contribution >= 0.6 is 0 Å². The number of anilines is 1. The summed E-state index contributed by atoms with van der Waals surface area (Å²) in [4.78, 5) is 0. The van der Waals surface area contributed by atoms with Crippen molar-refractivity contribution in [1.29, 1.82) is 0 Å². The van der Waals surface area contributed by atoms with Gasteiger partial charge in [0.1, 0.15) is 11.4 Å². The summed E-state index contributed by atoms with van der Waals surface area (Å²) in [5, 5.41) is 2.69. The van der Waals surface area contributed by atoms with E-state index in [2.05, 4.69) is 5.32 Å². The van der Waals surface area contributed by atoms with Crippen LogP contribution in [-0.2, 0) is 0 Å². The fraction of sp³-hybridized carbons (Fsp3) is 0.400. The largest absolute Gasteiger partial charge is 0.497 e. The Kier molecular flexibility index (Phi) is 3.28. The molecule has 0 aliphatic carbocycles. The predicted octanol–water partition coefficient (Wildman–Crippen LogP) is 2.79. The van der Waals surface area contributed by atoms with E-state index in [1.807, 2.05) is 13.8 Å². The Morgan fingerprint density at radius 2 is 1.71 bits per heavy atom. The Hall–Kier alpha value is -1.32. The summed E-state index contributed by atoms with van der Waals surface area (Å²) in [5.74, 6) is -1.11. The minimum absolute atomic E-state index is 0.0209. The molecule has 0 bridgehead atoms. The van der Waals surface area contributed by atoms with Crippen LogP contribution < -0.4 is 10.1 Å². The molecule has 0 atom stereocenters. The molecule has 0 amide bonds. The van der Waals surface area contributed by atoms with Crippen molar-refractivity contribution < 1.29 is 13.5 Å². The average Bonchev–Trinajstić information content (AvgIpc) is 2.10. The fourth-order valence-electron chi connectivity index (χ4n) is 1.09. The van der Waals surface area contributed by atoms with Gasteiger partial charge in [-0.3, -0.25) is 0 Å². The number of nitrogens with one attached hydrogen (secondary N) is 1. The van der Waals surface area contributed by atoms with Crippen LogP contribution in [0.5, 0.6) is 5.75 Å². The van der Waals surface area contributed by atoms with E-state index in [0.717, 1.165) is 12.1 Å². The molecule has 0 heterocycles. The van der Waals surface area contributed by atoms with Gasteiger partial charge in [-0.2, -0.15) is 0 Å². The number of benzene rings is 1. The SMILES string of the molecule is COc1cc(F)c(NC(C)C)c(F)c1. The van der Waals surface area contributed by atoms with E-state index in [0.29, 0.717) is 0 Å². The fourth-order valence-corrected chi connectivity index (χ4v) is 1.09. The van der Waals surface area contributed by atoms with Crippen molar-refractivity contribution in [1.82, 2.24) is 0 Å².